The minimum Gasteiger partial charge on any atom is -0.480 e. The van der Waals surface area contributed by atoms with E-state index in [0.29, 0.717) is 0 Å². The minimum absolute atomic E-state index is 0.0426. The molecule has 1 rings (SSSR count). The number of carbonyl (C=O) groups excluding carboxylic acids is 1. The molecule has 0 spiro atoms. The zero-order valence-corrected chi connectivity index (χ0v) is 11.9. The second-order valence-corrected chi connectivity index (χ2v) is 5.98. The van der Waals surface area contributed by atoms with E-state index in [9.17, 15) is 18.0 Å². The number of carbonyl (C=O) groups is 2. The first kappa shape index (κ1) is 16.1. The molecule has 1 aromatic rings. The van der Waals surface area contributed by atoms with E-state index in [1.807, 2.05) is 6.92 Å². The number of aliphatic carboxylic acids is 1. The predicted octanol–water partition coefficient (Wildman–Crippen LogP) is -0.137. The van der Waals surface area contributed by atoms with Gasteiger partial charge in [0.1, 0.15) is 6.54 Å². The minimum atomic E-state index is -3.82. The molecule has 0 saturated heterocycles. The first-order valence-electron chi connectivity index (χ1n) is 5.81. The van der Waals surface area contributed by atoms with Gasteiger partial charge in [0.25, 0.3) is 0 Å². The molecule has 1 atom stereocenters. The van der Waals surface area contributed by atoms with Crippen LogP contribution in [0.1, 0.15) is 12.5 Å². The predicted molar refractivity (Wildman–Crippen MR) is 71.6 cm³/mol. The third kappa shape index (κ3) is 4.63. The number of hydrogen-bond acceptors (Lipinski definition) is 4. The van der Waals surface area contributed by atoms with Crippen molar-refractivity contribution >= 4 is 21.9 Å². The molecule has 20 heavy (non-hydrogen) atoms. The van der Waals surface area contributed by atoms with Crippen molar-refractivity contribution in [2.75, 3.05) is 6.54 Å². The van der Waals surface area contributed by atoms with E-state index in [0.717, 1.165) is 5.56 Å². The van der Waals surface area contributed by atoms with Crippen LogP contribution in [0.15, 0.2) is 29.2 Å². The molecule has 1 amide bonds. The first-order chi connectivity index (χ1) is 9.22. The van der Waals surface area contributed by atoms with Gasteiger partial charge < -0.3 is 10.4 Å². The summed E-state index contributed by atoms with van der Waals surface area (Å²) in [6.07, 6.45) is 0. The topological polar surface area (TPSA) is 113 Å². The van der Waals surface area contributed by atoms with Crippen LogP contribution in [0.5, 0.6) is 0 Å². The molecule has 1 aromatic carbocycles. The molecule has 0 aliphatic rings. The highest BCUT2D eigenvalue weighted by molar-refractivity contribution is 7.89. The van der Waals surface area contributed by atoms with Gasteiger partial charge in [-0.05, 0) is 26.0 Å². The lowest BCUT2D eigenvalue weighted by molar-refractivity contribution is -0.138. The summed E-state index contributed by atoms with van der Waals surface area (Å²) in [6.45, 7) is 2.60. The van der Waals surface area contributed by atoms with Crippen LogP contribution in [0, 0.1) is 6.92 Å². The monoisotopic (exact) mass is 300 g/mol. The number of hydrogen-bond donors (Lipinski definition) is 3. The van der Waals surface area contributed by atoms with Crippen LogP contribution < -0.4 is 10.0 Å². The molecule has 0 aromatic heterocycles. The third-order valence-electron chi connectivity index (χ3n) is 2.47. The average Bonchev–Trinajstić information content (AvgIpc) is 2.35. The van der Waals surface area contributed by atoms with Crippen molar-refractivity contribution < 1.29 is 23.1 Å². The normalized spacial score (nSPS) is 12.7. The second-order valence-electron chi connectivity index (χ2n) is 4.27. The van der Waals surface area contributed by atoms with Gasteiger partial charge in [0.15, 0.2) is 0 Å². The van der Waals surface area contributed by atoms with Gasteiger partial charge in [0, 0.05) is 0 Å². The maximum Gasteiger partial charge on any atom is 0.322 e. The van der Waals surface area contributed by atoms with Crippen molar-refractivity contribution in [2.45, 2.75) is 24.8 Å². The molecule has 0 heterocycles. The lowest BCUT2D eigenvalue weighted by atomic mass is 10.2. The molecule has 0 unspecified atom stereocenters. The molecule has 7 nitrogen and oxygen atoms in total. The Labute approximate surface area is 117 Å². The van der Waals surface area contributed by atoms with Crippen molar-refractivity contribution in [1.82, 2.24) is 10.0 Å². The molecule has 0 bridgehead atoms. The maximum atomic E-state index is 12.0. The molecule has 8 heteroatoms. The Kier molecular flexibility index (Phi) is 5.23. The number of carboxylic acids is 1. The van der Waals surface area contributed by atoms with Crippen LogP contribution in [0.3, 0.4) is 0 Å². The van der Waals surface area contributed by atoms with Crippen LogP contribution in [-0.2, 0) is 19.6 Å². The largest absolute Gasteiger partial charge is 0.480 e. The first-order valence-corrected chi connectivity index (χ1v) is 7.29. The maximum absolute atomic E-state index is 12.0. The molecule has 0 aliphatic heterocycles. The highest BCUT2D eigenvalue weighted by atomic mass is 32.2. The van der Waals surface area contributed by atoms with Crippen molar-refractivity contribution in [1.29, 1.82) is 0 Å². The number of sulfonamides is 1. The zero-order valence-electron chi connectivity index (χ0n) is 11.1. The summed E-state index contributed by atoms with van der Waals surface area (Å²) < 4.78 is 26.2. The molecule has 0 saturated carbocycles. The summed E-state index contributed by atoms with van der Waals surface area (Å²) in [5, 5.41) is 10.5. The fourth-order valence-corrected chi connectivity index (χ4v) is 2.59. The van der Waals surface area contributed by atoms with Crippen molar-refractivity contribution in [2.24, 2.45) is 0 Å². The van der Waals surface area contributed by atoms with E-state index in [1.54, 1.807) is 12.1 Å². The van der Waals surface area contributed by atoms with Gasteiger partial charge in [-0.3, -0.25) is 9.59 Å². The Hall–Kier alpha value is -1.93. The van der Waals surface area contributed by atoms with Crippen LogP contribution in [0.4, 0.5) is 0 Å². The van der Waals surface area contributed by atoms with E-state index >= 15 is 0 Å². The van der Waals surface area contributed by atoms with Crippen molar-refractivity contribution in [3.8, 4) is 0 Å². The van der Waals surface area contributed by atoms with E-state index in [1.165, 1.54) is 19.1 Å². The number of aryl methyl sites for hydroxylation is 1. The Balaban J connectivity index is 2.73. The van der Waals surface area contributed by atoms with Gasteiger partial charge in [-0.2, -0.15) is 4.72 Å². The number of benzene rings is 1. The van der Waals surface area contributed by atoms with E-state index in [4.69, 9.17) is 5.11 Å². The Morgan fingerprint density at radius 2 is 1.80 bits per heavy atom. The summed E-state index contributed by atoms with van der Waals surface area (Å²) in [5.41, 5.74) is 0.913. The van der Waals surface area contributed by atoms with E-state index in [-0.39, 0.29) is 4.90 Å². The third-order valence-corrected chi connectivity index (χ3v) is 4.03. The highest BCUT2D eigenvalue weighted by Crippen LogP contribution is 2.10. The SMILES string of the molecule is Cc1ccc(S(=O)(=O)N[C@@H](C)C(=O)NCC(=O)O)cc1. The highest BCUT2D eigenvalue weighted by Gasteiger charge is 2.22. The quantitative estimate of drug-likeness (QED) is 0.677. The van der Waals surface area contributed by atoms with Crippen molar-refractivity contribution in [3.63, 3.8) is 0 Å². The second kappa shape index (κ2) is 6.49. The van der Waals surface area contributed by atoms with Gasteiger partial charge in [-0.15, -0.1) is 0 Å². The van der Waals surface area contributed by atoms with Gasteiger partial charge in [0.2, 0.25) is 15.9 Å². The zero-order chi connectivity index (χ0) is 15.3. The Morgan fingerprint density at radius 3 is 2.30 bits per heavy atom. The average molecular weight is 300 g/mol. The van der Waals surface area contributed by atoms with Crippen LogP contribution >= 0.6 is 0 Å². The fraction of sp³-hybridized carbons (Fsp3) is 0.333. The lowest BCUT2D eigenvalue weighted by Gasteiger charge is -2.13. The van der Waals surface area contributed by atoms with Crippen LogP contribution in [0.25, 0.3) is 0 Å². The fourth-order valence-electron chi connectivity index (χ4n) is 1.39. The lowest BCUT2D eigenvalue weighted by Crippen LogP contribution is -2.45. The standard InChI is InChI=1S/C12H16N2O5S/c1-8-3-5-10(6-4-8)20(18,19)14-9(2)12(17)13-7-11(15)16/h3-6,9,14H,7H2,1-2H3,(H,13,17)(H,15,16)/t9-/m0/s1. The Bertz CT molecular complexity index is 595. The molecular weight excluding hydrogens is 284 g/mol. The van der Waals surface area contributed by atoms with Gasteiger partial charge >= 0.3 is 5.97 Å². The summed E-state index contributed by atoms with van der Waals surface area (Å²) in [5.74, 6) is -1.91. The summed E-state index contributed by atoms with van der Waals surface area (Å²) in [6, 6.07) is 5.08. The molecule has 0 radical (unpaired) electrons. The summed E-state index contributed by atoms with van der Waals surface area (Å²) in [7, 11) is -3.82. The van der Waals surface area contributed by atoms with Gasteiger partial charge in [0.05, 0.1) is 10.9 Å². The number of carboxylic acid groups (broad SMARTS) is 1. The number of rotatable bonds is 6. The van der Waals surface area contributed by atoms with Crippen LogP contribution in [-0.4, -0.2) is 38.0 Å². The molecule has 0 fully saturated rings. The summed E-state index contributed by atoms with van der Waals surface area (Å²) >= 11 is 0. The molecule has 0 aliphatic carbocycles. The number of amides is 1. The van der Waals surface area contributed by atoms with Gasteiger partial charge in [-0.1, -0.05) is 17.7 Å². The number of nitrogens with one attached hydrogen (secondary N) is 2. The molecule has 3 N–H and O–H groups in total. The van der Waals surface area contributed by atoms with E-state index < -0.39 is 34.5 Å². The molecule has 110 valence electrons. The molecular formula is C12H16N2O5S. The van der Waals surface area contributed by atoms with Crippen LogP contribution in [0.2, 0.25) is 0 Å². The van der Waals surface area contributed by atoms with E-state index in [2.05, 4.69) is 10.0 Å². The smallest absolute Gasteiger partial charge is 0.322 e. The van der Waals surface area contributed by atoms with Crippen molar-refractivity contribution in [3.05, 3.63) is 29.8 Å². The van der Waals surface area contributed by atoms with Gasteiger partial charge in [-0.25, -0.2) is 8.42 Å². The summed E-state index contributed by atoms with van der Waals surface area (Å²) in [4.78, 5) is 21.9. The Morgan fingerprint density at radius 1 is 1.25 bits per heavy atom.